The van der Waals surface area contributed by atoms with E-state index in [1.54, 1.807) is 18.2 Å². The minimum absolute atomic E-state index is 0.0124. The number of carbonyl (C=O) groups is 1. The average Bonchev–Trinajstić information content (AvgIpc) is 3.14. The second kappa shape index (κ2) is 9.04. The molecule has 1 amide bonds. The van der Waals surface area contributed by atoms with Crippen molar-refractivity contribution in [3.63, 3.8) is 0 Å². The maximum atomic E-state index is 13.5. The van der Waals surface area contributed by atoms with Gasteiger partial charge in [0, 0.05) is 13.0 Å². The predicted molar refractivity (Wildman–Crippen MR) is 102 cm³/mol. The van der Waals surface area contributed by atoms with Crippen LogP contribution in [-0.2, 0) is 4.79 Å². The lowest BCUT2D eigenvalue weighted by molar-refractivity contribution is -0.116. The van der Waals surface area contributed by atoms with E-state index >= 15 is 0 Å². The molecule has 2 aromatic carbocycles. The van der Waals surface area contributed by atoms with E-state index in [2.05, 4.69) is 22.8 Å². The predicted octanol–water partition coefficient (Wildman–Crippen LogP) is 4.61. The normalized spacial score (nSPS) is 15.7. The summed E-state index contributed by atoms with van der Waals surface area (Å²) in [5.41, 5.74) is 1.56. The van der Waals surface area contributed by atoms with Gasteiger partial charge in [0.25, 0.3) is 0 Å². The van der Waals surface area contributed by atoms with Crippen LogP contribution in [0, 0.1) is 11.7 Å². The Balaban J connectivity index is 1.49. The second-order valence-corrected chi connectivity index (χ2v) is 6.27. The monoisotopic (exact) mass is 354 g/mol. The first-order valence-corrected chi connectivity index (χ1v) is 8.89. The summed E-state index contributed by atoms with van der Waals surface area (Å²) < 4.78 is 19.0. The molecule has 0 fully saturated rings. The SMILES string of the molecule is O=C(CC1C=CCC1)Nc1ccccc1NCCOc1ccccc1F. The van der Waals surface area contributed by atoms with Crippen LogP contribution in [0.3, 0.4) is 0 Å². The summed E-state index contributed by atoms with van der Waals surface area (Å²) in [7, 11) is 0. The number of ether oxygens (including phenoxy) is 1. The third kappa shape index (κ3) is 5.09. The molecule has 0 heterocycles. The first kappa shape index (κ1) is 18.0. The average molecular weight is 354 g/mol. The Morgan fingerprint density at radius 2 is 1.88 bits per heavy atom. The molecule has 1 unspecified atom stereocenters. The molecule has 26 heavy (non-hydrogen) atoms. The van der Waals surface area contributed by atoms with Gasteiger partial charge in [0.1, 0.15) is 6.61 Å². The first-order valence-electron chi connectivity index (χ1n) is 8.89. The summed E-state index contributed by atoms with van der Waals surface area (Å²) in [5.74, 6) is 0.212. The highest BCUT2D eigenvalue weighted by molar-refractivity contribution is 5.94. The lowest BCUT2D eigenvalue weighted by atomic mass is 10.0. The van der Waals surface area contributed by atoms with Gasteiger partial charge in [-0.25, -0.2) is 4.39 Å². The number of hydrogen-bond acceptors (Lipinski definition) is 3. The van der Waals surface area contributed by atoms with Gasteiger partial charge in [0.15, 0.2) is 11.6 Å². The molecular weight excluding hydrogens is 331 g/mol. The fourth-order valence-corrected chi connectivity index (χ4v) is 2.96. The zero-order valence-corrected chi connectivity index (χ0v) is 14.6. The van der Waals surface area contributed by atoms with E-state index < -0.39 is 0 Å². The molecule has 1 aliphatic rings. The van der Waals surface area contributed by atoms with Gasteiger partial charge in [-0.05, 0) is 43.0 Å². The van der Waals surface area contributed by atoms with Gasteiger partial charge in [0.05, 0.1) is 11.4 Å². The number of rotatable bonds is 8. The number of halogens is 1. The molecule has 0 bridgehead atoms. The van der Waals surface area contributed by atoms with Crippen LogP contribution in [0.5, 0.6) is 5.75 Å². The fraction of sp³-hybridized carbons (Fsp3) is 0.286. The van der Waals surface area contributed by atoms with Crippen LogP contribution in [0.4, 0.5) is 15.8 Å². The Morgan fingerprint density at radius 3 is 2.65 bits per heavy atom. The van der Waals surface area contributed by atoms with E-state index in [0.29, 0.717) is 25.5 Å². The number of benzene rings is 2. The fourth-order valence-electron chi connectivity index (χ4n) is 2.96. The van der Waals surface area contributed by atoms with Crippen LogP contribution >= 0.6 is 0 Å². The number of amides is 1. The lowest BCUT2D eigenvalue weighted by Crippen LogP contribution is -2.17. The summed E-state index contributed by atoms with van der Waals surface area (Å²) in [6.07, 6.45) is 6.84. The molecular formula is C21H23FN2O2. The Kier molecular flexibility index (Phi) is 6.25. The van der Waals surface area contributed by atoms with Gasteiger partial charge < -0.3 is 15.4 Å². The molecule has 0 aliphatic heterocycles. The molecule has 1 atom stereocenters. The molecule has 2 N–H and O–H groups in total. The number of carbonyl (C=O) groups excluding carboxylic acids is 1. The van der Waals surface area contributed by atoms with Crippen LogP contribution in [0.1, 0.15) is 19.3 Å². The van der Waals surface area contributed by atoms with Gasteiger partial charge in [0.2, 0.25) is 5.91 Å². The Bertz CT molecular complexity index is 776. The van der Waals surface area contributed by atoms with E-state index in [0.717, 1.165) is 24.2 Å². The van der Waals surface area contributed by atoms with E-state index in [-0.39, 0.29) is 17.5 Å². The summed E-state index contributed by atoms with van der Waals surface area (Å²) in [4.78, 5) is 12.2. The minimum atomic E-state index is -0.374. The number of hydrogen-bond donors (Lipinski definition) is 2. The summed E-state index contributed by atoms with van der Waals surface area (Å²) in [6.45, 7) is 0.808. The van der Waals surface area contributed by atoms with Crippen LogP contribution in [0.15, 0.2) is 60.7 Å². The van der Waals surface area contributed by atoms with Gasteiger partial charge in [-0.2, -0.15) is 0 Å². The van der Waals surface area contributed by atoms with Gasteiger partial charge >= 0.3 is 0 Å². The smallest absolute Gasteiger partial charge is 0.225 e. The Hall–Kier alpha value is -2.82. The molecule has 2 aromatic rings. The molecule has 136 valence electrons. The molecule has 0 radical (unpaired) electrons. The van der Waals surface area contributed by atoms with Gasteiger partial charge in [-0.3, -0.25) is 4.79 Å². The van der Waals surface area contributed by atoms with Crippen molar-refractivity contribution in [1.29, 1.82) is 0 Å². The van der Waals surface area contributed by atoms with Crippen LogP contribution in [0.25, 0.3) is 0 Å². The number of allylic oxidation sites excluding steroid dienone is 2. The summed E-state index contributed by atoms with van der Waals surface area (Å²) in [5, 5.41) is 6.19. The van der Waals surface area contributed by atoms with Crippen molar-refractivity contribution < 1.29 is 13.9 Å². The van der Waals surface area contributed by atoms with Crippen molar-refractivity contribution in [2.24, 2.45) is 5.92 Å². The van der Waals surface area contributed by atoms with E-state index in [1.165, 1.54) is 6.07 Å². The maximum absolute atomic E-state index is 13.5. The van der Waals surface area contributed by atoms with Gasteiger partial charge in [-0.1, -0.05) is 36.4 Å². The topological polar surface area (TPSA) is 50.4 Å². The van der Waals surface area contributed by atoms with Crippen molar-refractivity contribution in [3.8, 4) is 5.75 Å². The van der Waals surface area contributed by atoms with Crippen molar-refractivity contribution in [2.45, 2.75) is 19.3 Å². The summed E-state index contributed by atoms with van der Waals surface area (Å²) >= 11 is 0. The van der Waals surface area contributed by atoms with E-state index in [9.17, 15) is 9.18 Å². The lowest BCUT2D eigenvalue weighted by Gasteiger charge is -2.14. The van der Waals surface area contributed by atoms with Gasteiger partial charge in [-0.15, -0.1) is 0 Å². The third-order valence-electron chi connectivity index (χ3n) is 4.27. The number of nitrogens with one attached hydrogen (secondary N) is 2. The highest BCUT2D eigenvalue weighted by Gasteiger charge is 2.15. The molecule has 1 aliphatic carbocycles. The Morgan fingerprint density at radius 1 is 1.12 bits per heavy atom. The van der Waals surface area contributed by atoms with E-state index in [4.69, 9.17) is 4.74 Å². The number of para-hydroxylation sites is 3. The largest absolute Gasteiger partial charge is 0.489 e. The number of anilines is 2. The van der Waals surface area contributed by atoms with Crippen LogP contribution < -0.4 is 15.4 Å². The summed E-state index contributed by atoms with van der Waals surface area (Å²) in [6, 6.07) is 13.9. The molecule has 5 heteroatoms. The first-order chi connectivity index (χ1) is 12.7. The van der Waals surface area contributed by atoms with Crippen LogP contribution in [0.2, 0.25) is 0 Å². The zero-order valence-electron chi connectivity index (χ0n) is 14.6. The zero-order chi connectivity index (χ0) is 18.2. The van der Waals surface area contributed by atoms with Crippen molar-refractivity contribution >= 4 is 17.3 Å². The van der Waals surface area contributed by atoms with Crippen molar-refractivity contribution in [3.05, 3.63) is 66.5 Å². The minimum Gasteiger partial charge on any atom is -0.489 e. The second-order valence-electron chi connectivity index (χ2n) is 6.27. The molecule has 0 saturated carbocycles. The molecule has 0 saturated heterocycles. The molecule has 3 rings (SSSR count). The standard InChI is InChI=1S/C21H23FN2O2/c22-17-9-3-6-12-20(17)26-14-13-23-18-10-4-5-11-19(18)24-21(25)15-16-7-1-2-8-16/h1,3-7,9-12,16,23H,2,8,13-15H2,(H,24,25). The molecule has 0 aromatic heterocycles. The highest BCUT2D eigenvalue weighted by Crippen LogP contribution is 2.24. The third-order valence-corrected chi connectivity index (χ3v) is 4.27. The maximum Gasteiger partial charge on any atom is 0.225 e. The van der Waals surface area contributed by atoms with Crippen LogP contribution in [-0.4, -0.2) is 19.1 Å². The van der Waals surface area contributed by atoms with E-state index in [1.807, 2.05) is 24.3 Å². The van der Waals surface area contributed by atoms with Crippen molar-refractivity contribution in [2.75, 3.05) is 23.8 Å². The highest BCUT2D eigenvalue weighted by atomic mass is 19.1. The van der Waals surface area contributed by atoms with Crippen molar-refractivity contribution in [1.82, 2.24) is 0 Å². The molecule has 4 nitrogen and oxygen atoms in total. The molecule has 0 spiro atoms. The Labute approximate surface area is 153 Å². The quantitative estimate of drug-likeness (QED) is 0.538.